The zero-order chi connectivity index (χ0) is 7.33. The van der Waals surface area contributed by atoms with E-state index in [0.717, 1.165) is 12.8 Å². The Morgan fingerprint density at radius 3 is 2.33 bits per heavy atom. The van der Waals surface area contributed by atoms with E-state index < -0.39 is 0 Å². The van der Waals surface area contributed by atoms with Gasteiger partial charge in [0.15, 0.2) is 6.29 Å². The molecule has 0 N–H and O–H groups in total. The van der Waals surface area contributed by atoms with E-state index in [1.54, 1.807) is 0 Å². The third kappa shape index (κ3) is 4.19. The fourth-order valence-electron chi connectivity index (χ4n) is 0.961. The first-order chi connectivity index (χ1) is 4.12. The van der Waals surface area contributed by atoms with Crippen molar-refractivity contribution in [2.24, 2.45) is 5.41 Å². The van der Waals surface area contributed by atoms with Crippen molar-refractivity contribution in [1.82, 2.24) is 0 Å². The average Bonchev–Trinajstić information content (AvgIpc) is 1.64. The second-order valence-electron chi connectivity index (χ2n) is 3.24. The van der Waals surface area contributed by atoms with Crippen LogP contribution in [0.2, 0.25) is 0 Å². The van der Waals surface area contributed by atoms with Crippen molar-refractivity contribution < 1.29 is 4.79 Å². The lowest BCUT2D eigenvalue weighted by atomic mass is 9.85. The van der Waals surface area contributed by atoms with Gasteiger partial charge in [-0.2, -0.15) is 0 Å². The van der Waals surface area contributed by atoms with Crippen LogP contribution in [0.1, 0.15) is 40.0 Å². The van der Waals surface area contributed by atoms with Crippen molar-refractivity contribution >= 4 is 6.29 Å². The molecule has 0 bridgehead atoms. The van der Waals surface area contributed by atoms with E-state index in [1.807, 2.05) is 6.29 Å². The molecule has 0 aromatic rings. The Morgan fingerprint density at radius 2 is 2.00 bits per heavy atom. The fourth-order valence-corrected chi connectivity index (χ4v) is 0.961. The average molecular weight is 127 g/mol. The first-order valence-electron chi connectivity index (χ1n) is 3.47. The van der Waals surface area contributed by atoms with Crippen molar-refractivity contribution in [2.45, 2.75) is 40.0 Å². The van der Waals surface area contributed by atoms with Gasteiger partial charge in [-0.25, -0.2) is 0 Å². The van der Waals surface area contributed by atoms with Crippen molar-refractivity contribution in [1.29, 1.82) is 0 Å². The van der Waals surface area contributed by atoms with Gasteiger partial charge in [0.05, 0.1) is 0 Å². The summed E-state index contributed by atoms with van der Waals surface area (Å²) in [6, 6.07) is 0. The SMILES string of the molecule is CCCC(C)(C)C[C]=O. The summed E-state index contributed by atoms with van der Waals surface area (Å²) in [6.07, 6.45) is 4.77. The highest BCUT2D eigenvalue weighted by Gasteiger charge is 2.15. The molecule has 1 radical (unpaired) electrons. The molecule has 0 saturated carbocycles. The summed E-state index contributed by atoms with van der Waals surface area (Å²) in [7, 11) is 0. The molecule has 9 heavy (non-hydrogen) atoms. The number of hydrogen-bond donors (Lipinski definition) is 0. The second-order valence-corrected chi connectivity index (χ2v) is 3.24. The van der Waals surface area contributed by atoms with Gasteiger partial charge in [-0.1, -0.05) is 27.2 Å². The molecule has 0 aliphatic rings. The molecule has 0 spiro atoms. The van der Waals surface area contributed by atoms with E-state index >= 15 is 0 Å². The van der Waals surface area contributed by atoms with Crippen LogP contribution < -0.4 is 0 Å². The summed E-state index contributed by atoms with van der Waals surface area (Å²) in [4.78, 5) is 9.97. The van der Waals surface area contributed by atoms with E-state index in [-0.39, 0.29) is 5.41 Å². The van der Waals surface area contributed by atoms with Gasteiger partial charge in [0.25, 0.3) is 0 Å². The Balaban J connectivity index is 3.55. The molecule has 0 heterocycles. The molecule has 0 amide bonds. The van der Waals surface area contributed by atoms with Crippen molar-refractivity contribution in [3.8, 4) is 0 Å². The Morgan fingerprint density at radius 1 is 1.44 bits per heavy atom. The van der Waals surface area contributed by atoms with Crippen LogP contribution in [0.5, 0.6) is 0 Å². The van der Waals surface area contributed by atoms with Crippen LogP contribution >= 0.6 is 0 Å². The van der Waals surface area contributed by atoms with Gasteiger partial charge in [0.2, 0.25) is 0 Å². The molecule has 0 aliphatic carbocycles. The predicted octanol–water partition coefficient (Wildman–Crippen LogP) is 2.31. The zero-order valence-corrected chi connectivity index (χ0v) is 6.53. The monoisotopic (exact) mass is 127 g/mol. The zero-order valence-electron chi connectivity index (χ0n) is 6.53. The minimum Gasteiger partial charge on any atom is -0.291 e. The van der Waals surface area contributed by atoms with Gasteiger partial charge in [-0.3, -0.25) is 4.79 Å². The Kier molecular flexibility index (Phi) is 3.52. The molecule has 0 fully saturated rings. The lowest BCUT2D eigenvalue weighted by molar-refractivity contribution is 0.339. The van der Waals surface area contributed by atoms with Crippen LogP contribution in [0.15, 0.2) is 0 Å². The summed E-state index contributed by atoms with van der Waals surface area (Å²) < 4.78 is 0. The maximum atomic E-state index is 9.97. The molecule has 0 aromatic carbocycles. The van der Waals surface area contributed by atoms with E-state index in [1.165, 1.54) is 0 Å². The van der Waals surface area contributed by atoms with Crippen molar-refractivity contribution in [3.05, 3.63) is 0 Å². The third-order valence-corrected chi connectivity index (χ3v) is 1.48. The molecule has 0 aromatic heterocycles. The standard InChI is InChI=1S/C8H15O/c1-4-5-8(2,3)6-7-9/h4-6H2,1-3H3. The highest BCUT2D eigenvalue weighted by Crippen LogP contribution is 2.24. The smallest absolute Gasteiger partial charge is 0.198 e. The molecule has 0 atom stereocenters. The van der Waals surface area contributed by atoms with Crippen LogP contribution in [0.3, 0.4) is 0 Å². The Labute approximate surface area is 57.5 Å². The largest absolute Gasteiger partial charge is 0.291 e. The van der Waals surface area contributed by atoms with Gasteiger partial charge in [0.1, 0.15) is 0 Å². The second kappa shape index (κ2) is 3.65. The predicted molar refractivity (Wildman–Crippen MR) is 39.0 cm³/mol. The van der Waals surface area contributed by atoms with Crippen molar-refractivity contribution in [2.75, 3.05) is 0 Å². The van der Waals surface area contributed by atoms with Crippen LogP contribution in [-0.4, -0.2) is 6.29 Å². The van der Waals surface area contributed by atoms with Crippen molar-refractivity contribution in [3.63, 3.8) is 0 Å². The van der Waals surface area contributed by atoms with E-state index in [0.29, 0.717) is 6.42 Å². The van der Waals surface area contributed by atoms with Gasteiger partial charge < -0.3 is 0 Å². The molecule has 1 nitrogen and oxygen atoms in total. The molecular formula is C8H15O. The molecular weight excluding hydrogens is 112 g/mol. The summed E-state index contributed by atoms with van der Waals surface area (Å²) in [5.41, 5.74) is 0.177. The summed E-state index contributed by atoms with van der Waals surface area (Å²) >= 11 is 0. The minimum atomic E-state index is 0.177. The molecule has 0 saturated heterocycles. The lowest BCUT2D eigenvalue weighted by Gasteiger charge is -2.19. The van der Waals surface area contributed by atoms with E-state index in [2.05, 4.69) is 20.8 Å². The third-order valence-electron chi connectivity index (χ3n) is 1.48. The highest BCUT2D eigenvalue weighted by molar-refractivity contribution is 5.51. The highest BCUT2D eigenvalue weighted by atomic mass is 16.1. The molecule has 0 unspecified atom stereocenters. The van der Waals surface area contributed by atoms with Gasteiger partial charge in [-0.05, 0) is 11.8 Å². The van der Waals surface area contributed by atoms with Crippen LogP contribution in [0, 0.1) is 5.41 Å². The fraction of sp³-hybridized carbons (Fsp3) is 0.875. The Bertz CT molecular complexity index is 84.6. The topological polar surface area (TPSA) is 17.1 Å². The Hall–Kier alpha value is -0.330. The molecule has 1 heteroatoms. The summed E-state index contributed by atoms with van der Waals surface area (Å²) in [5.74, 6) is 0. The maximum absolute atomic E-state index is 9.97. The van der Waals surface area contributed by atoms with Crippen LogP contribution in [0.4, 0.5) is 0 Å². The number of hydrogen-bond acceptors (Lipinski definition) is 1. The number of rotatable bonds is 4. The lowest BCUT2D eigenvalue weighted by Crippen LogP contribution is -2.10. The van der Waals surface area contributed by atoms with Gasteiger partial charge in [0, 0.05) is 6.42 Å². The van der Waals surface area contributed by atoms with Crippen LogP contribution in [0.25, 0.3) is 0 Å². The van der Waals surface area contributed by atoms with E-state index in [4.69, 9.17) is 0 Å². The molecule has 53 valence electrons. The quantitative estimate of drug-likeness (QED) is 0.566. The summed E-state index contributed by atoms with van der Waals surface area (Å²) in [5, 5.41) is 0. The van der Waals surface area contributed by atoms with Gasteiger partial charge in [-0.15, -0.1) is 0 Å². The number of carbonyl (C=O) groups excluding carboxylic acids is 1. The first kappa shape index (κ1) is 8.67. The summed E-state index contributed by atoms with van der Waals surface area (Å²) in [6.45, 7) is 6.33. The molecule has 0 rings (SSSR count). The van der Waals surface area contributed by atoms with Gasteiger partial charge >= 0.3 is 0 Å². The normalized spacial score (nSPS) is 11.4. The van der Waals surface area contributed by atoms with E-state index in [9.17, 15) is 4.79 Å². The van der Waals surface area contributed by atoms with Crippen LogP contribution in [-0.2, 0) is 4.79 Å². The maximum Gasteiger partial charge on any atom is 0.198 e. The molecule has 0 aliphatic heterocycles. The minimum absolute atomic E-state index is 0.177. The first-order valence-corrected chi connectivity index (χ1v) is 3.47.